The Morgan fingerprint density at radius 1 is 1.08 bits per heavy atom. The highest BCUT2D eigenvalue weighted by Crippen LogP contribution is 2.22. The van der Waals surface area contributed by atoms with Crippen LogP contribution < -0.4 is 0 Å². The van der Waals surface area contributed by atoms with Crippen LogP contribution in [0.15, 0.2) is 36.4 Å². The number of amides is 2. The zero-order chi connectivity index (χ0) is 18.7. The van der Waals surface area contributed by atoms with Gasteiger partial charge in [0.05, 0.1) is 0 Å². The van der Waals surface area contributed by atoms with Crippen molar-refractivity contribution in [3.8, 4) is 5.69 Å². The molecule has 0 fully saturated rings. The van der Waals surface area contributed by atoms with E-state index in [4.69, 9.17) is 5.21 Å². The molecule has 1 aromatic heterocycles. The fourth-order valence-corrected chi connectivity index (χ4v) is 2.63. The number of hydroxylamine groups is 2. The summed E-state index contributed by atoms with van der Waals surface area (Å²) in [5.41, 5.74) is 4.44. The quantitative estimate of drug-likeness (QED) is 0.528. The van der Waals surface area contributed by atoms with E-state index in [9.17, 15) is 9.59 Å². The van der Waals surface area contributed by atoms with Crippen LogP contribution in [0.4, 0.5) is 0 Å². The van der Waals surface area contributed by atoms with Gasteiger partial charge in [0.25, 0.3) is 11.8 Å². The van der Waals surface area contributed by atoms with E-state index < -0.39 is 5.91 Å². The van der Waals surface area contributed by atoms with E-state index in [1.165, 1.54) is 13.1 Å². The molecule has 132 valence electrons. The van der Waals surface area contributed by atoms with E-state index in [2.05, 4.69) is 4.57 Å². The van der Waals surface area contributed by atoms with Gasteiger partial charge < -0.3 is 9.47 Å². The summed E-state index contributed by atoms with van der Waals surface area (Å²) in [6, 6.07) is 9.37. The lowest BCUT2D eigenvalue weighted by atomic mass is 10.2. The molecule has 1 aromatic carbocycles. The molecule has 0 saturated carbocycles. The molecular formula is C19H23N3O3. The summed E-state index contributed by atoms with van der Waals surface area (Å²) in [5.74, 6) is -0.529. The number of aryl methyl sites for hydroxylation is 1. The summed E-state index contributed by atoms with van der Waals surface area (Å²) in [7, 11) is 4.73. The summed E-state index contributed by atoms with van der Waals surface area (Å²) >= 11 is 0. The summed E-state index contributed by atoms with van der Waals surface area (Å²) in [5, 5.41) is 9.65. The molecule has 1 N–H and O–H groups in total. The number of rotatable bonds is 4. The standard InChI is InChI=1S/C19H23N3O3/c1-13-12-16(8-11-18(23)21(5)25)14(2)22(13)17-9-6-15(7-10-17)19(24)20(3)4/h6-12,25H,1-5H3. The van der Waals surface area contributed by atoms with Crippen molar-refractivity contribution in [2.45, 2.75) is 13.8 Å². The van der Waals surface area contributed by atoms with Gasteiger partial charge >= 0.3 is 0 Å². The Balaban J connectivity index is 2.34. The molecule has 25 heavy (non-hydrogen) atoms. The van der Waals surface area contributed by atoms with Gasteiger partial charge in [-0.3, -0.25) is 14.8 Å². The van der Waals surface area contributed by atoms with Gasteiger partial charge in [-0.2, -0.15) is 0 Å². The predicted molar refractivity (Wildman–Crippen MR) is 96.9 cm³/mol. The summed E-state index contributed by atoms with van der Waals surface area (Å²) in [6.07, 6.45) is 3.00. The molecule has 1 heterocycles. The van der Waals surface area contributed by atoms with Crippen LogP contribution in [0.2, 0.25) is 0 Å². The van der Waals surface area contributed by atoms with Gasteiger partial charge in [0.1, 0.15) is 0 Å². The lowest BCUT2D eigenvalue weighted by Gasteiger charge is -2.13. The SMILES string of the molecule is Cc1cc(C=CC(=O)N(C)O)c(C)n1-c1ccc(C(=O)N(C)C)cc1. The zero-order valence-electron chi connectivity index (χ0n) is 15.1. The highest BCUT2D eigenvalue weighted by Gasteiger charge is 2.12. The van der Waals surface area contributed by atoms with Crippen molar-refractivity contribution in [1.82, 2.24) is 14.5 Å². The van der Waals surface area contributed by atoms with Crippen molar-refractivity contribution in [2.75, 3.05) is 21.1 Å². The van der Waals surface area contributed by atoms with Crippen molar-refractivity contribution in [1.29, 1.82) is 0 Å². The smallest absolute Gasteiger partial charge is 0.269 e. The summed E-state index contributed by atoms with van der Waals surface area (Å²) in [4.78, 5) is 25.0. The predicted octanol–water partition coefficient (Wildman–Crippen LogP) is 2.66. The number of hydrogen-bond donors (Lipinski definition) is 1. The average Bonchev–Trinajstić information content (AvgIpc) is 2.85. The number of hydrogen-bond acceptors (Lipinski definition) is 3. The Labute approximate surface area is 147 Å². The lowest BCUT2D eigenvalue weighted by molar-refractivity contribution is -0.153. The molecule has 2 rings (SSSR count). The van der Waals surface area contributed by atoms with Crippen molar-refractivity contribution in [3.63, 3.8) is 0 Å². The summed E-state index contributed by atoms with van der Waals surface area (Å²) in [6.45, 7) is 3.93. The minimum atomic E-state index is -0.489. The Morgan fingerprint density at radius 2 is 1.68 bits per heavy atom. The molecular weight excluding hydrogens is 318 g/mol. The number of likely N-dealkylation sites (N-methyl/N-ethyl adjacent to an activating group) is 1. The molecule has 2 amide bonds. The molecule has 0 unspecified atom stereocenters. The van der Waals surface area contributed by atoms with E-state index >= 15 is 0 Å². The molecule has 0 aliphatic rings. The minimum absolute atomic E-state index is 0.0391. The van der Waals surface area contributed by atoms with Crippen LogP contribution in [-0.2, 0) is 4.79 Å². The fourth-order valence-electron chi connectivity index (χ4n) is 2.63. The van der Waals surface area contributed by atoms with Gasteiger partial charge in [-0.15, -0.1) is 0 Å². The van der Waals surface area contributed by atoms with E-state index in [0.29, 0.717) is 10.6 Å². The number of aromatic nitrogens is 1. The van der Waals surface area contributed by atoms with Gasteiger partial charge in [0.15, 0.2) is 0 Å². The van der Waals surface area contributed by atoms with Crippen LogP contribution >= 0.6 is 0 Å². The highest BCUT2D eigenvalue weighted by molar-refractivity contribution is 5.94. The van der Waals surface area contributed by atoms with Gasteiger partial charge in [0.2, 0.25) is 0 Å². The van der Waals surface area contributed by atoms with Crippen molar-refractivity contribution >= 4 is 17.9 Å². The maximum Gasteiger partial charge on any atom is 0.269 e. The molecule has 6 nitrogen and oxygen atoms in total. The third-order valence-electron chi connectivity index (χ3n) is 3.97. The highest BCUT2D eigenvalue weighted by atomic mass is 16.5. The first kappa shape index (κ1) is 18.5. The van der Waals surface area contributed by atoms with Crippen molar-refractivity contribution in [3.05, 3.63) is 58.9 Å². The molecule has 0 bridgehead atoms. The van der Waals surface area contributed by atoms with Crippen LogP contribution in [-0.4, -0.2) is 52.7 Å². The van der Waals surface area contributed by atoms with Crippen LogP contribution in [0.25, 0.3) is 11.8 Å². The van der Waals surface area contributed by atoms with Crippen LogP contribution in [0.3, 0.4) is 0 Å². The molecule has 6 heteroatoms. The van der Waals surface area contributed by atoms with E-state index in [1.807, 2.05) is 32.0 Å². The van der Waals surface area contributed by atoms with Crippen molar-refractivity contribution < 1.29 is 14.8 Å². The molecule has 0 spiro atoms. The van der Waals surface area contributed by atoms with E-state index in [1.54, 1.807) is 37.2 Å². The Morgan fingerprint density at radius 3 is 2.20 bits per heavy atom. The lowest BCUT2D eigenvalue weighted by Crippen LogP contribution is -2.21. The third-order valence-corrected chi connectivity index (χ3v) is 3.97. The second-order valence-electron chi connectivity index (χ2n) is 6.10. The topological polar surface area (TPSA) is 65.8 Å². The van der Waals surface area contributed by atoms with Gasteiger partial charge in [-0.05, 0) is 55.8 Å². The van der Waals surface area contributed by atoms with Crippen LogP contribution in [0.1, 0.15) is 27.3 Å². The fraction of sp³-hybridized carbons (Fsp3) is 0.263. The summed E-state index contributed by atoms with van der Waals surface area (Å²) < 4.78 is 2.05. The Kier molecular flexibility index (Phi) is 5.44. The number of benzene rings is 1. The van der Waals surface area contributed by atoms with Crippen LogP contribution in [0, 0.1) is 13.8 Å². The Hall–Kier alpha value is -2.86. The second kappa shape index (κ2) is 7.36. The van der Waals surface area contributed by atoms with Gasteiger partial charge in [-0.25, -0.2) is 5.06 Å². The second-order valence-corrected chi connectivity index (χ2v) is 6.10. The minimum Gasteiger partial charge on any atom is -0.345 e. The number of nitrogens with zero attached hydrogens (tertiary/aromatic N) is 3. The normalized spacial score (nSPS) is 11.0. The third kappa shape index (κ3) is 3.97. The monoisotopic (exact) mass is 341 g/mol. The zero-order valence-corrected chi connectivity index (χ0v) is 15.1. The molecule has 0 radical (unpaired) electrons. The maximum atomic E-state index is 12.0. The molecule has 2 aromatic rings. The first-order chi connectivity index (χ1) is 11.7. The van der Waals surface area contributed by atoms with Crippen molar-refractivity contribution in [2.24, 2.45) is 0 Å². The molecule has 0 saturated heterocycles. The van der Waals surface area contributed by atoms with Gasteiger partial charge in [0, 0.05) is 49.9 Å². The molecule has 0 aliphatic carbocycles. The number of carbonyl (C=O) groups is 2. The van der Waals surface area contributed by atoms with E-state index in [-0.39, 0.29) is 5.91 Å². The van der Waals surface area contributed by atoms with E-state index in [0.717, 1.165) is 22.6 Å². The molecule has 0 atom stereocenters. The van der Waals surface area contributed by atoms with Crippen LogP contribution in [0.5, 0.6) is 0 Å². The largest absolute Gasteiger partial charge is 0.345 e. The Bertz CT molecular complexity index is 815. The molecule has 0 aliphatic heterocycles. The number of carbonyl (C=O) groups excluding carboxylic acids is 2. The maximum absolute atomic E-state index is 12.0. The average molecular weight is 341 g/mol. The van der Waals surface area contributed by atoms with Gasteiger partial charge in [-0.1, -0.05) is 0 Å². The first-order valence-electron chi connectivity index (χ1n) is 7.88. The first-order valence-corrected chi connectivity index (χ1v) is 7.88.